The summed E-state index contributed by atoms with van der Waals surface area (Å²) in [7, 11) is -3.54. The predicted molar refractivity (Wildman–Crippen MR) is 109 cm³/mol. The van der Waals surface area contributed by atoms with Gasteiger partial charge in [0.2, 0.25) is 15.9 Å². The largest absolute Gasteiger partial charge is 0.351 e. The van der Waals surface area contributed by atoms with Crippen LogP contribution in [0, 0.1) is 12.7 Å². The fraction of sp³-hybridized carbons (Fsp3) is 0.381. The molecule has 6 nitrogen and oxygen atoms in total. The molecule has 8 heteroatoms. The third kappa shape index (κ3) is 5.62. The van der Waals surface area contributed by atoms with Crippen LogP contribution in [0.1, 0.15) is 17.5 Å². The molecule has 0 saturated carbocycles. The molecule has 1 fully saturated rings. The minimum absolute atomic E-state index is 0.132. The third-order valence-corrected chi connectivity index (χ3v) is 6.92. The molecule has 0 aliphatic carbocycles. The molecule has 1 aliphatic rings. The van der Waals surface area contributed by atoms with E-state index in [1.165, 1.54) is 10.4 Å². The molecule has 0 radical (unpaired) electrons. The number of amides is 1. The number of rotatable bonds is 6. The van der Waals surface area contributed by atoms with Gasteiger partial charge in [-0.25, -0.2) is 12.8 Å². The molecular weight excluding hydrogens is 393 g/mol. The molecule has 0 spiro atoms. The Morgan fingerprint density at radius 1 is 1.03 bits per heavy atom. The summed E-state index contributed by atoms with van der Waals surface area (Å²) in [5, 5.41) is 2.73. The molecule has 1 saturated heterocycles. The Bertz CT molecular complexity index is 948. The number of hydrogen-bond donors (Lipinski definition) is 1. The summed E-state index contributed by atoms with van der Waals surface area (Å²) in [6.45, 7) is 4.06. The van der Waals surface area contributed by atoms with Crippen LogP contribution in [0.5, 0.6) is 0 Å². The SMILES string of the molecule is Cc1ccc(S(=O)(=O)N2CCCN(CC(=O)NCc3ccccc3F)CC2)cc1. The van der Waals surface area contributed by atoms with E-state index in [0.29, 0.717) is 43.1 Å². The summed E-state index contributed by atoms with van der Waals surface area (Å²) in [5.41, 5.74) is 1.44. The van der Waals surface area contributed by atoms with Crippen LogP contribution in [0.3, 0.4) is 0 Å². The summed E-state index contributed by atoms with van der Waals surface area (Å²) in [4.78, 5) is 14.5. The third-order valence-electron chi connectivity index (χ3n) is 5.01. The zero-order valence-corrected chi connectivity index (χ0v) is 17.3. The predicted octanol–water partition coefficient (Wildman–Crippen LogP) is 2.15. The minimum Gasteiger partial charge on any atom is -0.351 e. The second-order valence-electron chi connectivity index (χ2n) is 7.21. The minimum atomic E-state index is -3.54. The van der Waals surface area contributed by atoms with E-state index in [2.05, 4.69) is 5.32 Å². The molecule has 0 unspecified atom stereocenters. The van der Waals surface area contributed by atoms with Crippen molar-refractivity contribution < 1.29 is 17.6 Å². The average molecular weight is 420 g/mol. The fourth-order valence-corrected chi connectivity index (χ4v) is 4.77. The first-order chi connectivity index (χ1) is 13.9. The Hall–Kier alpha value is -2.29. The number of halogens is 1. The summed E-state index contributed by atoms with van der Waals surface area (Å²) >= 11 is 0. The highest BCUT2D eigenvalue weighted by Gasteiger charge is 2.27. The molecule has 1 N–H and O–H groups in total. The van der Waals surface area contributed by atoms with E-state index in [4.69, 9.17) is 0 Å². The molecular formula is C21H26FN3O3S. The molecule has 0 aromatic heterocycles. The number of nitrogens with one attached hydrogen (secondary N) is 1. The van der Waals surface area contributed by atoms with Crippen LogP contribution in [0.4, 0.5) is 4.39 Å². The highest BCUT2D eigenvalue weighted by Crippen LogP contribution is 2.18. The first-order valence-electron chi connectivity index (χ1n) is 9.65. The van der Waals surface area contributed by atoms with E-state index in [1.807, 2.05) is 11.8 Å². The molecule has 2 aromatic carbocycles. The molecule has 1 amide bonds. The molecule has 1 heterocycles. The Balaban J connectivity index is 1.53. The highest BCUT2D eigenvalue weighted by molar-refractivity contribution is 7.89. The Morgan fingerprint density at radius 3 is 2.48 bits per heavy atom. The first-order valence-corrected chi connectivity index (χ1v) is 11.1. The van der Waals surface area contributed by atoms with Crippen molar-refractivity contribution in [1.82, 2.24) is 14.5 Å². The number of hydrogen-bond acceptors (Lipinski definition) is 4. The number of sulfonamides is 1. The van der Waals surface area contributed by atoms with E-state index in [9.17, 15) is 17.6 Å². The molecule has 29 heavy (non-hydrogen) atoms. The monoisotopic (exact) mass is 419 g/mol. The van der Waals surface area contributed by atoms with Gasteiger partial charge in [0.1, 0.15) is 5.82 Å². The number of aryl methyl sites for hydroxylation is 1. The zero-order valence-electron chi connectivity index (χ0n) is 16.5. The molecule has 156 valence electrons. The van der Waals surface area contributed by atoms with Gasteiger partial charge in [-0.1, -0.05) is 35.9 Å². The number of carbonyl (C=O) groups excluding carboxylic acids is 1. The molecule has 3 rings (SSSR count). The number of carbonyl (C=O) groups is 1. The van der Waals surface area contributed by atoms with Crippen LogP contribution in [0.25, 0.3) is 0 Å². The van der Waals surface area contributed by atoms with Crippen molar-refractivity contribution >= 4 is 15.9 Å². The van der Waals surface area contributed by atoms with Crippen molar-refractivity contribution in [2.24, 2.45) is 0 Å². The van der Waals surface area contributed by atoms with Crippen molar-refractivity contribution in [1.29, 1.82) is 0 Å². The van der Waals surface area contributed by atoms with Crippen molar-refractivity contribution in [2.75, 3.05) is 32.7 Å². The lowest BCUT2D eigenvalue weighted by Gasteiger charge is -2.21. The summed E-state index contributed by atoms with van der Waals surface area (Å²) < 4.78 is 40.9. The smallest absolute Gasteiger partial charge is 0.243 e. The van der Waals surface area contributed by atoms with Gasteiger partial charge in [0.15, 0.2) is 0 Å². The molecule has 2 aromatic rings. The molecule has 1 aliphatic heterocycles. The van der Waals surface area contributed by atoms with Crippen molar-refractivity contribution in [3.63, 3.8) is 0 Å². The van der Waals surface area contributed by atoms with E-state index < -0.39 is 10.0 Å². The van der Waals surface area contributed by atoms with Crippen LogP contribution in [-0.4, -0.2) is 56.3 Å². The van der Waals surface area contributed by atoms with E-state index >= 15 is 0 Å². The second kappa shape index (κ2) is 9.47. The fourth-order valence-electron chi connectivity index (χ4n) is 3.30. The van der Waals surface area contributed by atoms with Gasteiger partial charge >= 0.3 is 0 Å². The summed E-state index contributed by atoms with van der Waals surface area (Å²) in [6, 6.07) is 13.2. The van der Waals surface area contributed by atoms with Gasteiger partial charge in [-0.2, -0.15) is 4.31 Å². The van der Waals surface area contributed by atoms with Crippen LogP contribution < -0.4 is 5.32 Å². The van der Waals surface area contributed by atoms with E-state index in [-0.39, 0.29) is 24.8 Å². The van der Waals surface area contributed by atoms with E-state index in [0.717, 1.165) is 5.56 Å². The summed E-state index contributed by atoms with van der Waals surface area (Å²) in [6.07, 6.45) is 0.645. The van der Waals surface area contributed by atoms with Gasteiger partial charge in [-0.15, -0.1) is 0 Å². The standard InChI is InChI=1S/C21H26FN3O3S/c1-17-7-9-19(10-8-17)29(27,28)25-12-4-11-24(13-14-25)16-21(26)23-15-18-5-2-3-6-20(18)22/h2-3,5-10H,4,11-16H2,1H3,(H,23,26). The number of benzene rings is 2. The first kappa shape index (κ1) is 21.4. The quantitative estimate of drug-likeness (QED) is 0.779. The topological polar surface area (TPSA) is 69.7 Å². The lowest BCUT2D eigenvalue weighted by Crippen LogP contribution is -2.40. The maximum absolute atomic E-state index is 13.6. The van der Waals surface area contributed by atoms with Gasteiger partial charge < -0.3 is 5.32 Å². The normalized spacial score (nSPS) is 16.3. The maximum Gasteiger partial charge on any atom is 0.243 e. The van der Waals surface area contributed by atoms with Gasteiger partial charge in [0, 0.05) is 31.7 Å². The van der Waals surface area contributed by atoms with Crippen LogP contribution in [0.15, 0.2) is 53.4 Å². The Kier molecular flexibility index (Phi) is 7.00. The van der Waals surface area contributed by atoms with Crippen molar-refractivity contribution in [3.05, 3.63) is 65.5 Å². The average Bonchev–Trinajstić information content (AvgIpc) is 2.94. The van der Waals surface area contributed by atoms with Crippen LogP contribution >= 0.6 is 0 Å². The molecule has 0 atom stereocenters. The maximum atomic E-state index is 13.6. The highest BCUT2D eigenvalue weighted by atomic mass is 32.2. The second-order valence-corrected chi connectivity index (χ2v) is 9.15. The van der Waals surface area contributed by atoms with Gasteiger partial charge in [-0.3, -0.25) is 9.69 Å². The van der Waals surface area contributed by atoms with Crippen LogP contribution in [-0.2, 0) is 21.4 Å². The van der Waals surface area contributed by atoms with Gasteiger partial charge in [0.25, 0.3) is 0 Å². The summed E-state index contributed by atoms with van der Waals surface area (Å²) in [5.74, 6) is -0.553. The zero-order chi connectivity index (χ0) is 20.9. The number of nitrogens with zero attached hydrogens (tertiary/aromatic N) is 2. The van der Waals surface area contributed by atoms with Crippen LogP contribution in [0.2, 0.25) is 0 Å². The van der Waals surface area contributed by atoms with Gasteiger partial charge in [-0.05, 0) is 38.1 Å². The molecule has 0 bridgehead atoms. The van der Waals surface area contributed by atoms with E-state index in [1.54, 1.807) is 42.5 Å². The van der Waals surface area contributed by atoms with Crippen molar-refractivity contribution in [3.8, 4) is 0 Å². The Labute approximate surface area is 171 Å². The van der Waals surface area contributed by atoms with Gasteiger partial charge in [0.05, 0.1) is 11.4 Å². The Morgan fingerprint density at radius 2 is 1.76 bits per heavy atom. The lowest BCUT2D eigenvalue weighted by atomic mass is 10.2. The lowest BCUT2D eigenvalue weighted by molar-refractivity contribution is -0.122. The van der Waals surface area contributed by atoms with Crippen molar-refractivity contribution in [2.45, 2.75) is 24.8 Å².